The zero-order valence-electron chi connectivity index (χ0n) is 22.0. The summed E-state index contributed by atoms with van der Waals surface area (Å²) in [5.74, 6) is 0.0997. The average molecular weight is 595 g/mol. The highest BCUT2D eigenvalue weighted by Gasteiger charge is 2.52. The van der Waals surface area contributed by atoms with E-state index >= 15 is 4.39 Å². The van der Waals surface area contributed by atoms with E-state index in [-0.39, 0.29) is 21.7 Å². The van der Waals surface area contributed by atoms with E-state index in [4.69, 9.17) is 36.3 Å². The minimum atomic E-state index is -4.76. The number of nitriles is 1. The molecule has 0 saturated carbocycles. The van der Waals surface area contributed by atoms with Crippen LogP contribution in [0.2, 0.25) is 0 Å². The fourth-order valence-electron chi connectivity index (χ4n) is 4.46. The lowest BCUT2D eigenvalue weighted by molar-refractivity contribution is -0.137. The number of hydrogen-bond acceptors (Lipinski definition) is 3. The Balaban J connectivity index is 1.84. The molecule has 6 nitrogen and oxygen atoms in total. The SMILES string of the molecule is [C-]#[N+]c1ccc(N2C(=S)N(c3ccc(C)cc3)C(C)(CF)C2=NC(=S)Nc2ccc(C#N)c(C(F)(F)F)c2)cc1C. The summed E-state index contributed by atoms with van der Waals surface area (Å²) in [5.41, 5.74) is 0.0257. The van der Waals surface area contributed by atoms with Crippen molar-refractivity contribution >= 4 is 63.2 Å². The fourth-order valence-corrected chi connectivity index (χ4v) is 5.16. The van der Waals surface area contributed by atoms with Crippen LogP contribution in [-0.4, -0.2) is 28.3 Å². The van der Waals surface area contributed by atoms with Gasteiger partial charge in [-0.05, 0) is 93.2 Å². The Hall–Kier alpha value is -4.39. The standard InChI is InChI=1S/C29H22F4N6S2/c1-17-5-9-21(10-6-17)39-27(41)38(22-11-12-24(35-4)18(2)13-22)25(28(39,3)16-30)37-26(40)36-20-8-7-19(15-34)23(14-20)29(31,32)33/h5-14H,16H2,1-3H3,(H,36,40). The van der Waals surface area contributed by atoms with Crippen LogP contribution in [0, 0.1) is 31.8 Å². The summed E-state index contributed by atoms with van der Waals surface area (Å²) in [7, 11) is 0. The summed E-state index contributed by atoms with van der Waals surface area (Å²) in [5, 5.41) is 11.7. The number of halogens is 4. The molecule has 1 N–H and O–H groups in total. The molecule has 1 saturated heterocycles. The second kappa shape index (κ2) is 11.2. The maximum absolute atomic E-state index is 15.1. The number of nitrogens with one attached hydrogen (secondary N) is 1. The van der Waals surface area contributed by atoms with E-state index in [9.17, 15) is 13.2 Å². The molecule has 3 aromatic carbocycles. The molecule has 1 aliphatic rings. The summed E-state index contributed by atoms with van der Waals surface area (Å²) < 4.78 is 55.6. The number of amidine groups is 1. The van der Waals surface area contributed by atoms with E-state index in [1.807, 2.05) is 19.1 Å². The Morgan fingerprint density at radius 2 is 1.76 bits per heavy atom. The predicted molar refractivity (Wildman–Crippen MR) is 160 cm³/mol. The molecule has 3 aromatic rings. The Kier molecular flexibility index (Phi) is 8.11. The first kappa shape index (κ1) is 29.6. The molecular weight excluding hydrogens is 572 g/mol. The number of aliphatic imine (C=N–C) groups is 1. The van der Waals surface area contributed by atoms with Crippen LogP contribution in [-0.2, 0) is 6.18 Å². The predicted octanol–water partition coefficient (Wildman–Crippen LogP) is 7.88. The summed E-state index contributed by atoms with van der Waals surface area (Å²) >= 11 is 11.3. The van der Waals surface area contributed by atoms with Crippen molar-refractivity contribution in [2.24, 2.45) is 4.99 Å². The zero-order valence-corrected chi connectivity index (χ0v) is 23.7. The lowest BCUT2D eigenvalue weighted by Crippen LogP contribution is -2.49. The number of hydrogen-bond donors (Lipinski definition) is 1. The quantitative estimate of drug-likeness (QED) is 0.188. The molecule has 0 bridgehead atoms. The van der Waals surface area contributed by atoms with Crippen LogP contribution >= 0.6 is 24.4 Å². The maximum Gasteiger partial charge on any atom is 0.417 e. The molecule has 0 aliphatic carbocycles. The van der Waals surface area contributed by atoms with Crippen molar-refractivity contribution < 1.29 is 17.6 Å². The van der Waals surface area contributed by atoms with Gasteiger partial charge in [0, 0.05) is 17.1 Å². The molecule has 0 radical (unpaired) electrons. The number of rotatable bonds is 4. The van der Waals surface area contributed by atoms with E-state index in [1.165, 1.54) is 12.1 Å². The third-order valence-electron chi connectivity index (χ3n) is 6.59. The van der Waals surface area contributed by atoms with E-state index in [1.54, 1.807) is 54.0 Å². The van der Waals surface area contributed by atoms with Gasteiger partial charge in [-0.15, -0.1) is 0 Å². The first-order valence-corrected chi connectivity index (χ1v) is 12.9. The number of nitrogens with zero attached hydrogens (tertiary/aromatic N) is 5. The van der Waals surface area contributed by atoms with Gasteiger partial charge in [-0.3, -0.25) is 4.90 Å². The molecule has 41 heavy (non-hydrogen) atoms. The monoisotopic (exact) mass is 594 g/mol. The molecule has 4 rings (SSSR count). The van der Waals surface area contributed by atoms with Gasteiger partial charge in [0.25, 0.3) is 0 Å². The number of aryl methyl sites for hydroxylation is 2. The topological polar surface area (TPSA) is 59.0 Å². The van der Waals surface area contributed by atoms with Crippen LogP contribution in [0.5, 0.6) is 0 Å². The summed E-state index contributed by atoms with van der Waals surface area (Å²) in [6.45, 7) is 11.7. The number of alkyl halides is 4. The Morgan fingerprint density at radius 1 is 1.10 bits per heavy atom. The van der Waals surface area contributed by atoms with Crippen molar-refractivity contribution in [3.8, 4) is 6.07 Å². The highest BCUT2D eigenvalue weighted by molar-refractivity contribution is 7.81. The highest BCUT2D eigenvalue weighted by atomic mass is 32.1. The Labute approximate surface area is 245 Å². The molecular formula is C29H22F4N6S2. The normalized spacial score (nSPS) is 17.9. The Bertz CT molecular complexity index is 1650. The smallest absolute Gasteiger partial charge is 0.331 e. The maximum atomic E-state index is 15.1. The van der Waals surface area contributed by atoms with Crippen LogP contribution in [0.3, 0.4) is 0 Å². The summed E-state index contributed by atoms with van der Waals surface area (Å²) in [6.07, 6.45) is -4.76. The van der Waals surface area contributed by atoms with Gasteiger partial charge in [0.2, 0.25) is 0 Å². The largest absolute Gasteiger partial charge is 0.417 e. The molecule has 1 fully saturated rings. The second-order valence-electron chi connectivity index (χ2n) is 9.51. The molecule has 1 unspecified atom stereocenters. The molecule has 208 valence electrons. The Morgan fingerprint density at radius 3 is 2.32 bits per heavy atom. The van der Waals surface area contributed by atoms with E-state index in [0.717, 1.165) is 17.7 Å². The minimum absolute atomic E-state index is 0.0487. The van der Waals surface area contributed by atoms with E-state index < -0.39 is 29.5 Å². The summed E-state index contributed by atoms with van der Waals surface area (Å²) in [4.78, 5) is 11.1. The molecule has 0 amide bonds. The van der Waals surface area contributed by atoms with E-state index in [0.29, 0.717) is 22.6 Å². The molecule has 0 aromatic heterocycles. The van der Waals surface area contributed by atoms with Crippen LogP contribution < -0.4 is 15.1 Å². The summed E-state index contributed by atoms with van der Waals surface area (Å²) in [6, 6.07) is 16.9. The van der Waals surface area contributed by atoms with Crippen LogP contribution in [0.1, 0.15) is 29.2 Å². The third kappa shape index (κ3) is 5.62. The first-order valence-electron chi connectivity index (χ1n) is 12.1. The van der Waals surface area contributed by atoms with Gasteiger partial charge in [0.05, 0.1) is 23.8 Å². The molecule has 1 atom stereocenters. The van der Waals surface area contributed by atoms with Crippen LogP contribution in [0.4, 0.5) is 40.3 Å². The van der Waals surface area contributed by atoms with Crippen molar-refractivity contribution in [1.82, 2.24) is 0 Å². The van der Waals surface area contributed by atoms with Gasteiger partial charge in [-0.2, -0.15) is 18.4 Å². The van der Waals surface area contributed by atoms with Crippen molar-refractivity contribution in [3.05, 3.63) is 94.3 Å². The molecule has 12 heteroatoms. The van der Waals surface area contributed by atoms with Crippen LogP contribution in [0.15, 0.2) is 65.7 Å². The molecule has 1 heterocycles. The average Bonchev–Trinajstić information content (AvgIpc) is 3.14. The van der Waals surface area contributed by atoms with Gasteiger partial charge >= 0.3 is 6.18 Å². The zero-order chi connectivity index (χ0) is 30.1. The van der Waals surface area contributed by atoms with Crippen molar-refractivity contribution in [3.63, 3.8) is 0 Å². The number of benzene rings is 3. The van der Waals surface area contributed by atoms with E-state index in [2.05, 4.69) is 15.2 Å². The van der Waals surface area contributed by atoms with Gasteiger partial charge in [0.15, 0.2) is 15.9 Å². The lowest BCUT2D eigenvalue weighted by atomic mass is 10.0. The number of anilines is 3. The number of thiocarbonyl (C=S) groups is 2. The first-order chi connectivity index (χ1) is 19.3. The van der Waals surface area contributed by atoms with Gasteiger partial charge in [-0.25, -0.2) is 14.2 Å². The van der Waals surface area contributed by atoms with Crippen molar-refractivity contribution in [2.45, 2.75) is 32.5 Å². The molecule has 0 spiro atoms. The van der Waals surface area contributed by atoms with Crippen molar-refractivity contribution in [1.29, 1.82) is 5.26 Å². The third-order valence-corrected chi connectivity index (χ3v) is 7.14. The fraction of sp³-hybridized carbons (Fsp3) is 0.207. The second-order valence-corrected chi connectivity index (χ2v) is 10.3. The van der Waals surface area contributed by atoms with Gasteiger partial charge in [0.1, 0.15) is 18.0 Å². The van der Waals surface area contributed by atoms with Gasteiger partial charge in [-0.1, -0.05) is 23.8 Å². The van der Waals surface area contributed by atoms with Crippen LogP contribution in [0.25, 0.3) is 4.85 Å². The van der Waals surface area contributed by atoms with Crippen molar-refractivity contribution in [2.75, 3.05) is 21.8 Å². The lowest BCUT2D eigenvalue weighted by Gasteiger charge is -2.32. The minimum Gasteiger partial charge on any atom is -0.331 e. The molecule has 1 aliphatic heterocycles. The van der Waals surface area contributed by atoms with Gasteiger partial charge < -0.3 is 10.2 Å². The highest BCUT2D eigenvalue weighted by Crippen LogP contribution is 2.39.